The summed E-state index contributed by atoms with van der Waals surface area (Å²) in [7, 11) is 0. The van der Waals surface area contributed by atoms with Crippen molar-refractivity contribution in [3.05, 3.63) is 52.7 Å². The van der Waals surface area contributed by atoms with Gasteiger partial charge >= 0.3 is 5.91 Å². The maximum Gasteiger partial charge on any atom is 0.350 e. The molecule has 22 heavy (non-hydrogen) atoms. The Kier molecular flexibility index (Phi) is 3.46. The predicted molar refractivity (Wildman–Crippen MR) is 93.0 cm³/mol. The van der Waals surface area contributed by atoms with Gasteiger partial charge in [-0.3, -0.25) is 4.79 Å². The smallest absolute Gasteiger partial charge is 0.320 e. The number of primary amides is 1. The molecule has 0 atom stereocenters. The van der Waals surface area contributed by atoms with E-state index in [2.05, 4.69) is 37.2 Å². The Labute approximate surface area is 150 Å². The summed E-state index contributed by atoms with van der Waals surface area (Å²) in [6.07, 6.45) is 0. The maximum absolute atomic E-state index is 12.4. The van der Waals surface area contributed by atoms with E-state index in [-0.39, 0.29) is 11.8 Å². The molecule has 0 aliphatic carbocycles. The second-order valence-electron chi connectivity index (χ2n) is 4.71. The van der Waals surface area contributed by atoms with Crippen LogP contribution in [0.2, 0.25) is 0 Å². The zero-order chi connectivity index (χ0) is 15.4. The van der Waals surface area contributed by atoms with E-state index >= 15 is 0 Å². The minimum absolute atomic E-state index is 0.118. The molecule has 0 saturated heterocycles. The lowest BCUT2D eigenvalue weighted by Gasteiger charge is -2.00. The molecule has 4 heterocycles. The second-order valence-corrected chi connectivity index (χ2v) is 9.63. The van der Waals surface area contributed by atoms with Gasteiger partial charge in [0.15, 0.2) is 5.70 Å². The van der Waals surface area contributed by atoms with Crippen molar-refractivity contribution in [1.82, 2.24) is 5.32 Å². The number of fused-ring (bicyclic) bond motifs is 1. The number of hydrogen-bond donors (Lipinski definition) is 2. The van der Waals surface area contributed by atoms with Crippen LogP contribution in [0.25, 0.3) is 11.4 Å². The number of carbonyl (C=O) groups excluding carboxylic acids is 2. The van der Waals surface area contributed by atoms with Crippen molar-refractivity contribution in [3.63, 3.8) is 0 Å². The summed E-state index contributed by atoms with van der Waals surface area (Å²) in [5, 5.41) is 4.41. The minimum Gasteiger partial charge on any atom is -0.320 e. The Bertz CT molecular complexity index is 833. The highest BCUT2D eigenvalue weighted by atomic mass is 79.9. The Balaban J connectivity index is 1.91. The highest BCUT2D eigenvalue weighted by Crippen LogP contribution is 2.38. The fourth-order valence-electron chi connectivity index (χ4n) is 2.54. The van der Waals surface area contributed by atoms with E-state index < -0.39 is 0 Å². The molecule has 2 aromatic heterocycles. The van der Waals surface area contributed by atoms with E-state index in [9.17, 15) is 9.59 Å². The molecule has 3 N–H and O–H groups in total. The number of nitrogens with two attached hydrogens (primary N) is 1. The number of amides is 2. The predicted octanol–water partition coefficient (Wildman–Crippen LogP) is 2.69. The molecule has 0 fully saturated rings. The lowest BCUT2D eigenvalue weighted by atomic mass is 10.1. The first kappa shape index (κ1) is 14.5. The van der Waals surface area contributed by atoms with Crippen LogP contribution in [0.3, 0.4) is 0 Å². The van der Waals surface area contributed by atoms with Gasteiger partial charge in [-0.15, -0.1) is 22.7 Å². The topological polar surface area (TPSA) is 62.8 Å². The van der Waals surface area contributed by atoms with Gasteiger partial charge in [-0.25, -0.2) is 10.1 Å². The standard InChI is InChI=1S/C14H6Br2N2O2S2/c15-7-3-1-5(21-7)11-9-10(14(20)17-11)12(18-13(9)19)6-2-4-8(16)22-6/h1-4H,(H,17,20)(H,18,19)/p+1. The fourth-order valence-corrected chi connectivity index (χ4v) is 5.34. The Morgan fingerprint density at radius 3 is 2.14 bits per heavy atom. The van der Waals surface area contributed by atoms with E-state index in [0.717, 1.165) is 17.3 Å². The monoisotopic (exact) mass is 457 g/mol. The van der Waals surface area contributed by atoms with Crippen LogP contribution < -0.4 is 10.6 Å². The molecule has 4 rings (SSSR count). The first-order chi connectivity index (χ1) is 10.5. The van der Waals surface area contributed by atoms with Crippen LogP contribution in [0.4, 0.5) is 0 Å². The second kappa shape index (κ2) is 5.24. The molecule has 0 radical (unpaired) electrons. The highest BCUT2D eigenvalue weighted by Gasteiger charge is 2.45. The normalized spacial score (nSPS) is 17.5. The van der Waals surface area contributed by atoms with E-state index in [0.29, 0.717) is 22.5 Å². The van der Waals surface area contributed by atoms with Gasteiger partial charge in [-0.1, -0.05) is 0 Å². The average Bonchev–Trinajstić information content (AvgIpc) is 3.19. The van der Waals surface area contributed by atoms with Crippen molar-refractivity contribution in [1.29, 1.82) is 0 Å². The van der Waals surface area contributed by atoms with Gasteiger partial charge in [0.25, 0.3) is 5.91 Å². The summed E-state index contributed by atoms with van der Waals surface area (Å²) in [4.78, 5) is 26.6. The highest BCUT2D eigenvalue weighted by molar-refractivity contribution is 9.11. The van der Waals surface area contributed by atoms with E-state index in [4.69, 9.17) is 0 Å². The molecule has 0 aromatic carbocycles. The van der Waals surface area contributed by atoms with Crippen LogP contribution in [0, 0.1) is 0 Å². The van der Waals surface area contributed by atoms with E-state index in [1.54, 1.807) is 5.32 Å². The first-order valence-electron chi connectivity index (χ1n) is 6.25. The molecule has 2 amide bonds. The molecule has 0 bridgehead atoms. The summed E-state index contributed by atoms with van der Waals surface area (Å²) in [5.74, 6) is -0.330. The summed E-state index contributed by atoms with van der Waals surface area (Å²) in [6.45, 7) is 0. The summed E-state index contributed by atoms with van der Waals surface area (Å²) < 4.78 is 1.92. The number of carbonyl (C=O) groups is 2. The Morgan fingerprint density at radius 1 is 0.909 bits per heavy atom. The summed E-state index contributed by atoms with van der Waals surface area (Å²) >= 11 is 9.82. The molecule has 8 heteroatoms. The third-order valence-electron chi connectivity index (χ3n) is 3.42. The minimum atomic E-state index is -0.212. The molecule has 0 unspecified atom stereocenters. The van der Waals surface area contributed by atoms with Gasteiger partial charge in [-0.05, 0) is 56.1 Å². The fraction of sp³-hybridized carbons (Fsp3) is 0. The number of nitrogens with one attached hydrogen (secondary N) is 1. The van der Waals surface area contributed by atoms with Crippen LogP contribution in [-0.2, 0) is 9.59 Å². The zero-order valence-corrected chi connectivity index (χ0v) is 15.6. The number of halogens is 2. The summed E-state index contributed by atoms with van der Waals surface area (Å²) in [6, 6.07) is 7.63. The Hall–Kier alpha value is -1.06. The number of thiophene rings is 2. The van der Waals surface area contributed by atoms with Gasteiger partial charge in [0.1, 0.15) is 11.1 Å². The summed E-state index contributed by atoms with van der Waals surface area (Å²) in [5.41, 5.74) is 2.29. The Morgan fingerprint density at radius 2 is 1.55 bits per heavy atom. The molecule has 0 saturated carbocycles. The van der Waals surface area contributed by atoms with Gasteiger partial charge in [-0.2, -0.15) is 0 Å². The molecule has 4 nitrogen and oxygen atoms in total. The van der Waals surface area contributed by atoms with Gasteiger partial charge in [0.2, 0.25) is 0 Å². The molecule has 2 aliphatic rings. The van der Waals surface area contributed by atoms with Gasteiger partial charge in [0, 0.05) is 0 Å². The molecule has 0 spiro atoms. The first-order valence-corrected chi connectivity index (χ1v) is 9.47. The van der Waals surface area contributed by atoms with Crippen LogP contribution in [0.5, 0.6) is 0 Å². The van der Waals surface area contributed by atoms with E-state index in [1.165, 1.54) is 22.7 Å². The maximum atomic E-state index is 12.4. The van der Waals surface area contributed by atoms with Crippen LogP contribution in [-0.4, -0.2) is 11.8 Å². The van der Waals surface area contributed by atoms with E-state index in [1.807, 2.05) is 24.3 Å². The molecule has 2 aliphatic heterocycles. The van der Waals surface area contributed by atoms with Crippen molar-refractivity contribution in [2.45, 2.75) is 0 Å². The average molecular weight is 459 g/mol. The molecule has 110 valence electrons. The van der Waals surface area contributed by atoms with Gasteiger partial charge < -0.3 is 5.32 Å². The van der Waals surface area contributed by atoms with Crippen molar-refractivity contribution >= 4 is 77.7 Å². The van der Waals surface area contributed by atoms with Crippen LogP contribution in [0.1, 0.15) is 9.75 Å². The third kappa shape index (κ3) is 2.17. The zero-order valence-electron chi connectivity index (χ0n) is 10.8. The number of hydrogen-bond acceptors (Lipinski definition) is 4. The third-order valence-corrected chi connectivity index (χ3v) is 6.71. The largest absolute Gasteiger partial charge is 0.350 e. The van der Waals surface area contributed by atoms with Crippen molar-refractivity contribution < 1.29 is 14.9 Å². The molecular weight excluding hydrogens is 452 g/mol. The van der Waals surface area contributed by atoms with Crippen LogP contribution in [0.15, 0.2) is 43.0 Å². The van der Waals surface area contributed by atoms with Crippen molar-refractivity contribution in [3.8, 4) is 0 Å². The molecular formula is C14H7Br2N2O2S2+. The quantitative estimate of drug-likeness (QED) is 0.726. The number of quaternary nitrogens is 1. The lowest BCUT2D eigenvalue weighted by Crippen LogP contribution is -2.83. The lowest BCUT2D eigenvalue weighted by molar-refractivity contribution is -0.466. The SMILES string of the molecule is O=C1NC(c2ccc(Br)s2)=C2C(=O)[NH2+]C(c3ccc(Br)s3)=C12. The number of rotatable bonds is 2. The van der Waals surface area contributed by atoms with Gasteiger partial charge in [0.05, 0.1) is 23.0 Å². The van der Waals surface area contributed by atoms with Crippen molar-refractivity contribution in [2.75, 3.05) is 0 Å². The molecule has 2 aromatic rings. The van der Waals surface area contributed by atoms with Crippen molar-refractivity contribution in [2.24, 2.45) is 0 Å². The van der Waals surface area contributed by atoms with Crippen LogP contribution >= 0.6 is 54.5 Å².